The molecule has 0 spiro atoms. The van der Waals surface area contributed by atoms with E-state index in [4.69, 9.17) is 9.47 Å². The molecule has 2 rings (SSSR count). The van der Waals surface area contributed by atoms with Crippen LogP contribution < -0.4 is 9.47 Å². The molecule has 5 nitrogen and oxygen atoms in total. The number of piperazine rings is 1. The van der Waals surface area contributed by atoms with Crippen molar-refractivity contribution in [2.45, 2.75) is 26.3 Å². The van der Waals surface area contributed by atoms with E-state index in [0.717, 1.165) is 56.2 Å². The van der Waals surface area contributed by atoms with Crippen LogP contribution in [-0.4, -0.2) is 68.0 Å². The summed E-state index contributed by atoms with van der Waals surface area (Å²) in [6, 6.07) is 6.00. The fourth-order valence-corrected chi connectivity index (χ4v) is 3.05. The molecule has 0 saturated carbocycles. The van der Waals surface area contributed by atoms with Crippen molar-refractivity contribution in [3.05, 3.63) is 23.8 Å². The number of rotatable bonds is 8. The first-order valence-electron chi connectivity index (χ1n) is 8.61. The van der Waals surface area contributed by atoms with Gasteiger partial charge in [-0.1, -0.05) is 19.9 Å². The zero-order chi connectivity index (χ0) is 16.7. The molecule has 1 aliphatic rings. The molecular weight excluding hydrogens is 292 g/mol. The Labute approximate surface area is 139 Å². The quantitative estimate of drug-likeness (QED) is 0.794. The second-order valence-electron chi connectivity index (χ2n) is 5.93. The first-order chi connectivity index (χ1) is 11.2. The van der Waals surface area contributed by atoms with Crippen molar-refractivity contribution in [1.29, 1.82) is 0 Å². The SMILES string of the molecule is CCCOc1cc(C(CO)N2CCN(CC)CC2)ccc1OC. The largest absolute Gasteiger partial charge is 0.493 e. The summed E-state index contributed by atoms with van der Waals surface area (Å²) in [4.78, 5) is 4.80. The number of nitrogens with zero attached hydrogens (tertiary/aromatic N) is 2. The third-order valence-corrected chi connectivity index (χ3v) is 4.50. The number of aliphatic hydroxyl groups is 1. The van der Waals surface area contributed by atoms with E-state index in [1.165, 1.54) is 0 Å². The summed E-state index contributed by atoms with van der Waals surface area (Å²) in [5, 5.41) is 9.92. The fraction of sp³-hybridized carbons (Fsp3) is 0.667. The Hall–Kier alpha value is -1.30. The maximum absolute atomic E-state index is 9.92. The van der Waals surface area contributed by atoms with Gasteiger partial charge >= 0.3 is 0 Å². The zero-order valence-corrected chi connectivity index (χ0v) is 14.6. The van der Waals surface area contributed by atoms with Crippen LogP contribution in [0, 0.1) is 0 Å². The molecule has 5 heteroatoms. The molecule has 1 aliphatic heterocycles. The van der Waals surface area contributed by atoms with E-state index in [1.807, 2.05) is 18.2 Å². The van der Waals surface area contributed by atoms with Gasteiger partial charge in [0.05, 0.1) is 26.4 Å². The summed E-state index contributed by atoms with van der Waals surface area (Å²) in [6.07, 6.45) is 0.954. The van der Waals surface area contributed by atoms with Crippen molar-refractivity contribution in [3.8, 4) is 11.5 Å². The van der Waals surface area contributed by atoms with Gasteiger partial charge in [0.15, 0.2) is 11.5 Å². The molecule has 1 fully saturated rings. The van der Waals surface area contributed by atoms with E-state index in [0.29, 0.717) is 6.61 Å². The highest BCUT2D eigenvalue weighted by molar-refractivity contribution is 5.44. The molecule has 1 aromatic rings. The molecule has 0 aliphatic carbocycles. The molecule has 0 radical (unpaired) electrons. The van der Waals surface area contributed by atoms with Crippen LogP contribution in [0.2, 0.25) is 0 Å². The van der Waals surface area contributed by atoms with E-state index in [9.17, 15) is 5.11 Å². The van der Waals surface area contributed by atoms with Gasteiger partial charge in [-0.2, -0.15) is 0 Å². The average molecular weight is 322 g/mol. The summed E-state index contributed by atoms with van der Waals surface area (Å²) in [5.41, 5.74) is 1.09. The molecule has 1 N–H and O–H groups in total. The second-order valence-corrected chi connectivity index (χ2v) is 5.93. The Bertz CT molecular complexity index is 473. The van der Waals surface area contributed by atoms with Crippen molar-refractivity contribution >= 4 is 0 Å². The van der Waals surface area contributed by atoms with Crippen molar-refractivity contribution in [2.24, 2.45) is 0 Å². The molecule has 1 unspecified atom stereocenters. The number of methoxy groups -OCH3 is 1. The van der Waals surface area contributed by atoms with Gasteiger partial charge in [0, 0.05) is 26.2 Å². The van der Waals surface area contributed by atoms with Gasteiger partial charge < -0.3 is 19.5 Å². The summed E-state index contributed by atoms with van der Waals surface area (Å²) >= 11 is 0. The highest BCUT2D eigenvalue weighted by Gasteiger charge is 2.24. The number of benzene rings is 1. The minimum absolute atomic E-state index is 0.0175. The zero-order valence-electron chi connectivity index (χ0n) is 14.6. The maximum atomic E-state index is 9.92. The van der Waals surface area contributed by atoms with Crippen LogP contribution in [0.1, 0.15) is 31.9 Å². The summed E-state index contributed by atoms with van der Waals surface area (Å²) in [6.45, 7) is 10.2. The van der Waals surface area contributed by atoms with Crippen molar-refractivity contribution in [3.63, 3.8) is 0 Å². The lowest BCUT2D eigenvalue weighted by atomic mass is 10.0. The average Bonchev–Trinajstić information content (AvgIpc) is 2.61. The van der Waals surface area contributed by atoms with Gasteiger partial charge in [0.25, 0.3) is 0 Å². The number of likely N-dealkylation sites (N-methyl/N-ethyl adjacent to an activating group) is 1. The van der Waals surface area contributed by atoms with Gasteiger partial charge in [-0.25, -0.2) is 0 Å². The van der Waals surface area contributed by atoms with Crippen LogP contribution in [0.25, 0.3) is 0 Å². The van der Waals surface area contributed by atoms with Crippen molar-refractivity contribution < 1.29 is 14.6 Å². The number of hydrogen-bond acceptors (Lipinski definition) is 5. The normalized spacial score (nSPS) is 17.9. The number of aliphatic hydroxyl groups excluding tert-OH is 1. The van der Waals surface area contributed by atoms with Crippen molar-refractivity contribution in [2.75, 3.05) is 53.0 Å². The summed E-state index contributed by atoms with van der Waals surface area (Å²) in [7, 11) is 1.65. The van der Waals surface area contributed by atoms with Crippen LogP contribution in [-0.2, 0) is 0 Å². The molecule has 1 aromatic carbocycles. The van der Waals surface area contributed by atoms with E-state index in [1.54, 1.807) is 7.11 Å². The molecule has 1 saturated heterocycles. The van der Waals surface area contributed by atoms with Crippen LogP contribution >= 0.6 is 0 Å². The van der Waals surface area contributed by atoms with Crippen LogP contribution in [0.5, 0.6) is 11.5 Å². The standard InChI is InChI=1S/C18H30N2O3/c1-4-12-23-18-13-15(6-7-17(18)22-3)16(14-21)20-10-8-19(5-2)9-11-20/h6-7,13,16,21H,4-5,8-12,14H2,1-3H3. The second kappa shape index (κ2) is 9.11. The fourth-order valence-electron chi connectivity index (χ4n) is 3.05. The molecule has 1 atom stereocenters. The Morgan fingerprint density at radius 1 is 1.13 bits per heavy atom. The van der Waals surface area contributed by atoms with Crippen LogP contribution in [0.4, 0.5) is 0 Å². The highest BCUT2D eigenvalue weighted by Crippen LogP contribution is 2.32. The molecule has 0 amide bonds. The Morgan fingerprint density at radius 3 is 2.43 bits per heavy atom. The minimum atomic E-state index is 0.0175. The lowest BCUT2D eigenvalue weighted by Gasteiger charge is -2.38. The first kappa shape index (κ1) is 18.0. The van der Waals surface area contributed by atoms with Gasteiger partial charge in [-0.3, -0.25) is 4.90 Å². The van der Waals surface area contributed by atoms with Gasteiger partial charge in [-0.15, -0.1) is 0 Å². The molecule has 130 valence electrons. The lowest BCUT2D eigenvalue weighted by Crippen LogP contribution is -2.48. The van der Waals surface area contributed by atoms with E-state index >= 15 is 0 Å². The minimum Gasteiger partial charge on any atom is -0.493 e. The summed E-state index contributed by atoms with van der Waals surface area (Å²) in [5.74, 6) is 1.51. The van der Waals surface area contributed by atoms with Crippen molar-refractivity contribution in [1.82, 2.24) is 9.80 Å². The Morgan fingerprint density at radius 2 is 1.87 bits per heavy atom. The third-order valence-electron chi connectivity index (χ3n) is 4.50. The smallest absolute Gasteiger partial charge is 0.161 e. The van der Waals surface area contributed by atoms with E-state index in [2.05, 4.69) is 23.6 Å². The Kier molecular flexibility index (Phi) is 7.15. The lowest BCUT2D eigenvalue weighted by molar-refractivity contribution is 0.0670. The highest BCUT2D eigenvalue weighted by atomic mass is 16.5. The van der Waals surface area contributed by atoms with Crippen LogP contribution in [0.3, 0.4) is 0 Å². The predicted octanol–water partition coefficient (Wildman–Crippen LogP) is 2.15. The molecule has 0 aromatic heterocycles. The molecule has 1 heterocycles. The van der Waals surface area contributed by atoms with Crippen LogP contribution in [0.15, 0.2) is 18.2 Å². The maximum Gasteiger partial charge on any atom is 0.161 e. The predicted molar refractivity (Wildman–Crippen MR) is 92.3 cm³/mol. The Balaban J connectivity index is 2.14. The third kappa shape index (κ3) is 4.59. The van der Waals surface area contributed by atoms with Gasteiger partial charge in [0.1, 0.15) is 0 Å². The van der Waals surface area contributed by atoms with E-state index in [-0.39, 0.29) is 12.6 Å². The molecular formula is C18H30N2O3. The summed E-state index contributed by atoms with van der Waals surface area (Å²) < 4.78 is 11.2. The number of ether oxygens (including phenoxy) is 2. The number of hydrogen-bond donors (Lipinski definition) is 1. The monoisotopic (exact) mass is 322 g/mol. The van der Waals surface area contributed by atoms with Gasteiger partial charge in [-0.05, 0) is 30.7 Å². The first-order valence-corrected chi connectivity index (χ1v) is 8.61. The van der Waals surface area contributed by atoms with Gasteiger partial charge in [0.2, 0.25) is 0 Å². The molecule has 0 bridgehead atoms. The topological polar surface area (TPSA) is 45.2 Å². The molecule has 23 heavy (non-hydrogen) atoms. The van der Waals surface area contributed by atoms with E-state index < -0.39 is 0 Å².